The van der Waals surface area contributed by atoms with Gasteiger partial charge in [-0.2, -0.15) is 4.31 Å². The molecule has 1 aromatic rings. The number of carbonyl (C=O) groups excluding carboxylic acids is 2. The fraction of sp³-hybridized carbons (Fsp3) is 0.762. The van der Waals surface area contributed by atoms with Crippen LogP contribution < -0.4 is 0 Å². The van der Waals surface area contributed by atoms with E-state index in [4.69, 9.17) is 9.26 Å². The van der Waals surface area contributed by atoms with Crippen molar-refractivity contribution in [1.82, 2.24) is 14.4 Å². The number of ether oxygens (including phenoxy) is 1. The maximum Gasteiger partial charge on any atom is 0.309 e. The van der Waals surface area contributed by atoms with E-state index < -0.39 is 10.0 Å². The zero-order chi connectivity index (χ0) is 22.8. The van der Waals surface area contributed by atoms with Gasteiger partial charge < -0.3 is 14.2 Å². The van der Waals surface area contributed by atoms with E-state index in [-0.39, 0.29) is 34.5 Å². The summed E-state index contributed by atoms with van der Waals surface area (Å²) in [6.07, 6.45) is 2.53. The molecule has 1 unspecified atom stereocenters. The molecule has 0 aliphatic carbocycles. The standard InChI is InChI=1S/C21H33N3O6S/c1-5-29-21(26)18-6-10-23(11-7-18)20(25)14(2)17-8-12-24(13-9-17)31(27,28)19-15(3)22-30-16(19)4/h14,17-18H,5-13H2,1-4H3. The molecule has 1 amide bonds. The SMILES string of the molecule is CCOC(=O)C1CCN(C(=O)C(C)C2CCN(S(=O)(=O)c3c(C)noc3C)CC2)CC1. The third-order valence-electron chi connectivity index (χ3n) is 6.59. The Morgan fingerprint density at radius 2 is 1.74 bits per heavy atom. The number of hydrogen-bond acceptors (Lipinski definition) is 7. The Hall–Kier alpha value is -1.94. The topological polar surface area (TPSA) is 110 Å². The molecule has 9 nitrogen and oxygen atoms in total. The van der Waals surface area contributed by atoms with Gasteiger partial charge in [0.1, 0.15) is 10.6 Å². The van der Waals surface area contributed by atoms with Crippen molar-refractivity contribution in [1.29, 1.82) is 0 Å². The van der Waals surface area contributed by atoms with Crippen molar-refractivity contribution in [2.24, 2.45) is 17.8 Å². The predicted molar refractivity (Wildman–Crippen MR) is 113 cm³/mol. The van der Waals surface area contributed by atoms with Crippen LogP contribution in [-0.4, -0.2) is 67.4 Å². The second-order valence-corrected chi connectivity index (χ2v) is 10.4. The van der Waals surface area contributed by atoms with Crippen LogP contribution in [0.1, 0.15) is 51.0 Å². The van der Waals surface area contributed by atoms with Gasteiger partial charge in [-0.15, -0.1) is 0 Å². The summed E-state index contributed by atoms with van der Waals surface area (Å²) < 4.78 is 37.6. The fourth-order valence-electron chi connectivity index (χ4n) is 4.67. The smallest absolute Gasteiger partial charge is 0.309 e. The summed E-state index contributed by atoms with van der Waals surface area (Å²) in [7, 11) is -3.65. The van der Waals surface area contributed by atoms with Gasteiger partial charge in [-0.1, -0.05) is 12.1 Å². The lowest BCUT2D eigenvalue weighted by Gasteiger charge is -2.37. The number of aromatic nitrogens is 1. The van der Waals surface area contributed by atoms with E-state index in [0.717, 1.165) is 0 Å². The number of rotatable bonds is 6. The number of amides is 1. The number of esters is 1. The van der Waals surface area contributed by atoms with Crippen LogP contribution in [0.3, 0.4) is 0 Å². The molecule has 10 heteroatoms. The number of aryl methyl sites for hydroxylation is 2. The van der Waals surface area contributed by atoms with Gasteiger partial charge in [0.25, 0.3) is 0 Å². The molecule has 2 fully saturated rings. The van der Waals surface area contributed by atoms with E-state index >= 15 is 0 Å². The summed E-state index contributed by atoms with van der Waals surface area (Å²) in [6.45, 7) is 9.20. The second-order valence-electron chi connectivity index (χ2n) is 8.54. The highest BCUT2D eigenvalue weighted by molar-refractivity contribution is 7.89. The number of likely N-dealkylation sites (tertiary alicyclic amines) is 1. The molecule has 0 N–H and O–H groups in total. The maximum absolute atomic E-state index is 13.0. The van der Waals surface area contributed by atoms with E-state index in [1.54, 1.807) is 20.8 Å². The van der Waals surface area contributed by atoms with Gasteiger partial charge in [0.05, 0.1) is 12.5 Å². The van der Waals surface area contributed by atoms with E-state index in [0.29, 0.717) is 69.9 Å². The molecule has 0 radical (unpaired) electrons. The Morgan fingerprint density at radius 1 is 1.13 bits per heavy atom. The summed E-state index contributed by atoms with van der Waals surface area (Å²) in [5.41, 5.74) is 0.370. The van der Waals surface area contributed by atoms with E-state index in [2.05, 4.69) is 5.16 Å². The van der Waals surface area contributed by atoms with Crippen molar-refractivity contribution in [2.45, 2.75) is 58.3 Å². The minimum atomic E-state index is -3.65. The van der Waals surface area contributed by atoms with Crippen LogP contribution in [0.4, 0.5) is 0 Å². The fourth-order valence-corrected chi connectivity index (χ4v) is 6.43. The first-order valence-electron chi connectivity index (χ1n) is 11.0. The Kier molecular flexibility index (Phi) is 7.41. The van der Waals surface area contributed by atoms with Gasteiger partial charge in [0, 0.05) is 32.1 Å². The first-order chi connectivity index (χ1) is 14.7. The van der Waals surface area contributed by atoms with Crippen LogP contribution in [-0.2, 0) is 24.3 Å². The van der Waals surface area contributed by atoms with Crippen LogP contribution in [0.2, 0.25) is 0 Å². The molecule has 3 heterocycles. The lowest BCUT2D eigenvalue weighted by molar-refractivity contribution is -0.152. The average molecular weight is 456 g/mol. The third kappa shape index (κ3) is 4.95. The van der Waals surface area contributed by atoms with E-state index in [9.17, 15) is 18.0 Å². The first-order valence-corrected chi connectivity index (χ1v) is 12.5. The molecule has 3 rings (SSSR count). The summed E-state index contributed by atoms with van der Waals surface area (Å²) in [4.78, 5) is 26.9. The quantitative estimate of drug-likeness (QED) is 0.604. The van der Waals surface area contributed by atoms with Crippen molar-refractivity contribution < 1.29 is 27.3 Å². The molecule has 0 spiro atoms. The van der Waals surface area contributed by atoms with Gasteiger partial charge in [-0.3, -0.25) is 9.59 Å². The molecular weight excluding hydrogens is 422 g/mol. The van der Waals surface area contributed by atoms with Crippen molar-refractivity contribution in [2.75, 3.05) is 32.8 Å². The molecule has 1 aromatic heterocycles. The Labute approximate surface area is 184 Å². The van der Waals surface area contributed by atoms with Gasteiger partial charge >= 0.3 is 5.97 Å². The molecule has 174 valence electrons. The highest BCUT2D eigenvalue weighted by Crippen LogP contribution is 2.32. The zero-order valence-electron chi connectivity index (χ0n) is 18.8. The summed E-state index contributed by atoms with van der Waals surface area (Å²) >= 11 is 0. The van der Waals surface area contributed by atoms with Gasteiger partial charge in [-0.25, -0.2) is 8.42 Å². The second kappa shape index (κ2) is 9.68. The molecule has 2 aliphatic heterocycles. The predicted octanol–water partition coefficient (Wildman–Crippen LogP) is 2.13. The third-order valence-corrected chi connectivity index (χ3v) is 8.73. The van der Waals surface area contributed by atoms with Crippen molar-refractivity contribution in [3.05, 3.63) is 11.5 Å². The molecule has 0 bridgehead atoms. The van der Waals surface area contributed by atoms with E-state index in [1.807, 2.05) is 11.8 Å². The minimum Gasteiger partial charge on any atom is -0.466 e. The number of piperidine rings is 2. The molecule has 2 saturated heterocycles. The number of sulfonamides is 1. The van der Waals surface area contributed by atoms with Crippen molar-refractivity contribution >= 4 is 21.9 Å². The molecule has 31 heavy (non-hydrogen) atoms. The van der Waals surface area contributed by atoms with Crippen LogP contribution >= 0.6 is 0 Å². The van der Waals surface area contributed by atoms with Crippen LogP contribution in [0.15, 0.2) is 9.42 Å². The van der Waals surface area contributed by atoms with Gasteiger partial charge in [0.2, 0.25) is 15.9 Å². The number of hydrogen-bond donors (Lipinski definition) is 0. The van der Waals surface area contributed by atoms with E-state index in [1.165, 1.54) is 4.31 Å². The van der Waals surface area contributed by atoms with Crippen LogP contribution in [0, 0.1) is 31.6 Å². The Balaban J connectivity index is 1.54. The molecular formula is C21H33N3O6S. The number of carbonyl (C=O) groups is 2. The van der Waals surface area contributed by atoms with Gasteiger partial charge in [-0.05, 0) is 52.4 Å². The van der Waals surface area contributed by atoms with Crippen LogP contribution in [0.5, 0.6) is 0 Å². The monoisotopic (exact) mass is 455 g/mol. The molecule has 0 aromatic carbocycles. The summed E-state index contributed by atoms with van der Waals surface area (Å²) in [6, 6.07) is 0. The lowest BCUT2D eigenvalue weighted by atomic mass is 9.84. The minimum absolute atomic E-state index is 0.0920. The Bertz CT molecular complexity index is 877. The lowest BCUT2D eigenvalue weighted by Crippen LogP contribution is -2.46. The maximum atomic E-state index is 13.0. The molecule has 1 atom stereocenters. The molecule has 0 saturated carbocycles. The molecule has 2 aliphatic rings. The summed E-state index contributed by atoms with van der Waals surface area (Å²) in [5, 5.41) is 3.76. The zero-order valence-corrected chi connectivity index (χ0v) is 19.6. The van der Waals surface area contributed by atoms with Gasteiger partial charge in [0.15, 0.2) is 5.76 Å². The first kappa shape index (κ1) is 23.7. The highest BCUT2D eigenvalue weighted by Gasteiger charge is 2.38. The van der Waals surface area contributed by atoms with Crippen molar-refractivity contribution in [3.8, 4) is 0 Å². The normalized spacial score (nSPS) is 20.6. The highest BCUT2D eigenvalue weighted by atomic mass is 32.2. The number of nitrogens with zero attached hydrogens (tertiary/aromatic N) is 3. The van der Waals surface area contributed by atoms with Crippen LogP contribution in [0.25, 0.3) is 0 Å². The Morgan fingerprint density at radius 3 is 2.26 bits per heavy atom. The van der Waals surface area contributed by atoms with Crippen molar-refractivity contribution in [3.63, 3.8) is 0 Å². The largest absolute Gasteiger partial charge is 0.466 e. The average Bonchev–Trinajstić information content (AvgIpc) is 3.11. The summed E-state index contributed by atoms with van der Waals surface area (Å²) in [5.74, 6) is 0.0461.